The second-order valence-corrected chi connectivity index (χ2v) is 9.32. The summed E-state index contributed by atoms with van der Waals surface area (Å²) in [4.78, 5) is 33.3. The van der Waals surface area contributed by atoms with Gasteiger partial charge in [0.15, 0.2) is 11.6 Å². The number of amides is 1. The van der Waals surface area contributed by atoms with Gasteiger partial charge in [-0.25, -0.2) is 9.67 Å². The number of rotatable bonds is 5. The third-order valence-electron chi connectivity index (χ3n) is 5.84. The minimum atomic E-state index is -0.646. The Morgan fingerprint density at radius 3 is 2.60 bits per heavy atom. The number of primary amides is 1. The van der Waals surface area contributed by atoms with Crippen LogP contribution in [-0.2, 0) is 13.5 Å². The predicted molar refractivity (Wildman–Crippen MR) is 162 cm³/mol. The Morgan fingerprint density at radius 1 is 1.18 bits per heavy atom. The van der Waals surface area contributed by atoms with E-state index < -0.39 is 5.91 Å². The number of carbonyl (C=O) groups is 1. The van der Waals surface area contributed by atoms with Gasteiger partial charge in [-0.1, -0.05) is 55.8 Å². The molecule has 0 saturated carbocycles. The topological polar surface area (TPSA) is 134 Å². The minimum Gasteiger partial charge on any atom is -0.381 e. The molecular weight excluding hydrogens is 522 g/mol. The maximum atomic E-state index is 13.4. The molecule has 0 aliphatic heterocycles. The lowest BCUT2D eigenvalue weighted by atomic mass is 10.0. The van der Waals surface area contributed by atoms with Gasteiger partial charge < -0.3 is 11.5 Å². The van der Waals surface area contributed by atoms with Crippen molar-refractivity contribution in [1.29, 1.82) is 0 Å². The SMILES string of the molecule is C=C/C=N\c1c(C(N)=O)c(N)nn1C.CCc1cc2cccc(C#Cc3cncs3)c2c(=O)n1-c1ccccc1. The highest BCUT2D eigenvalue weighted by Crippen LogP contribution is 2.23. The van der Waals surface area contributed by atoms with Gasteiger partial charge in [0.1, 0.15) is 5.56 Å². The molecule has 0 radical (unpaired) electrons. The molecule has 0 unspecified atom stereocenters. The lowest BCUT2D eigenvalue weighted by molar-refractivity contribution is 0.100. The largest absolute Gasteiger partial charge is 0.381 e. The van der Waals surface area contributed by atoms with Gasteiger partial charge in [-0.3, -0.25) is 19.1 Å². The molecular formula is C30H27N7O2S. The maximum absolute atomic E-state index is 13.4. The fourth-order valence-electron chi connectivity index (χ4n) is 4.09. The van der Waals surface area contributed by atoms with Gasteiger partial charge in [0.2, 0.25) is 0 Å². The van der Waals surface area contributed by atoms with Crippen LogP contribution in [-0.4, -0.2) is 31.5 Å². The van der Waals surface area contributed by atoms with Crippen molar-refractivity contribution in [3.8, 4) is 17.5 Å². The molecule has 0 saturated heterocycles. The number of hydrogen-bond donors (Lipinski definition) is 2. The van der Waals surface area contributed by atoms with Crippen molar-refractivity contribution in [2.24, 2.45) is 17.8 Å². The van der Waals surface area contributed by atoms with Gasteiger partial charge in [-0.05, 0) is 42.0 Å². The van der Waals surface area contributed by atoms with Crippen molar-refractivity contribution < 1.29 is 4.79 Å². The molecule has 0 aliphatic rings. The number of para-hydroxylation sites is 1. The zero-order chi connectivity index (χ0) is 28.6. The zero-order valence-electron chi connectivity index (χ0n) is 22.0. The Kier molecular flexibility index (Phi) is 8.69. The fourth-order valence-corrected chi connectivity index (χ4v) is 4.56. The number of aliphatic imine (C=N–C) groups is 1. The van der Waals surface area contributed by atoms with Crippen molar-refractivity contribution in [1.82, 2.24) is 19.3 Å². The average molecular weight is 550 g/mol. The summed E-state index contributed by atoms with van der Waals surface area (Å²) in [6.07, 6.45) is 5.42. The van der Waals surface area contributed by atoms with Crippen LogP contribution in [0.4, 0.5) is 11.6 Å². The Hall–Kier alpha value is -5.27. The van der Waals surface area contributed by atoms with E-state index in [1.54, 1.807) is 23.3 Å². The van der Waals surface area contributed by atoms with Gasteiger partial charge in [-0.2, -0.15) is 5.10 Å². The highest BCUT2D eigenvalue weighted by molar-refractivity contribution is 7.10. The number of nitrogens with zero attached hydrogens (tertiary/aromatic N) is 5. The molecule has 9 nitrogen and oxygen atoms in total. The molecule has 0 aliphatic carbocycles. The summed E-state index contributed by atoms with van der Waals surface area (Å²) in [5, 5.41) is 5.41. The quantitative estimate of drug-likeness (QED) is 0.248. The number of hydrogen-bond acceptors (Lipinski definition) is 7. The lowest BCUT2D eigenvalue weighted by Crippen LogP contribution is -2.22. The number of pyridine rings is 1. The molecule has 5 aromatic rings. The van der Waals surface area contributed by atoms with E-state index in [4.69, 9.17) is 11.5 Å². The van der Waals surface area contributed by atoms with E-state index >= 15 is 0 Å². The number of thiazole rings is 1. The summed E-state index contributed by atoms with van der Waals surface area (Å²) in [6.45, 7) is 5.52. The van der Waals surface area contributed by atoms with Crippen molar-refractivity contribution >= 4 is 45.9 Å². The third-order valence-corrected chi connectivity index (χ3v) is 6.53. The van der Waals surface area contributed by atoms with Crippen LogP contribution in [0.3, 0.4) is 0 Å². The summed E-state index contributed by atoms with van der Waals surface area (Å²) >= 11 is 1.49. The van der Waals surface area contributed by atoms with Crippen LogP contribution in [0.15, 0.2) is 88.7 Å². The number of aryl methyl sites for hydroxylation is 2. The smallest absolute Gasteiger partial charge is 0.264 e. The summed E-state index contributed by atoms with van der Waals surface area (Å²) < 4.78 is 3.18. The first kappa shape index (κ1) is 27.8. The second-order valence-electron chi connectivity index (χ2n) is 8.44. The molecule has 0 spiro atoms. The van der Waals surface area contributed by atoms with Crippen molar-refractivity contribution in [2.45, 2.75) is 13.3 Å². The van der Waals surface area contributed by atoms with E-state index in [1.807, 2.05) is 48.5 Å². The lowest BCUT2D eigenvalue weighted by Gasteiger charge is -2.14. The summed E-state index contributed by atoms with van der Waals surface area (Å²) in [6, 6.07) is 17.7. The second kappa shape index (κ2) is 12.5. The van der Waals surface area contributed by atoms with Crippen molar-refractivity contribution in [3.05, 3.63) is 111 Å². The number of nitrogens with two attached hydrogens (primary N) is 2. The van der Waals surface area contributed by atoms with Crippen LogP contribution in [0.1, 0.15) is 33.4 Å². The zero-order valence-corrected chi connectivity index (χ0v) is 22.9. The molecule has 0 atom stereocenters. The van der Waals surface area contributed by atoms with Gasteiger partial charge >= 0.3 is 0 Å². The van der Waals surface area contributed by atoms with E-state index in [0.29, 0.717) is 11.2 Å². The first-order chi connectivity index (χ1) is 19.3. The summed E-state index contributed by atoms with van der Waals surface area (Å²) in [5.74, 6) is 6.02. The first-order valence-electron chi connectivity index (χ1n) is 12.3. The highest BCUT2D eigenvalue weighted by atomic mass is 32.1. The molecule has 0 bridgehead atoms. The Balaban J connectivity index is 0.000000224. The van der Waals surface area contributed by atoms with E-state index in [0.717, 1.165) is 33.6 Å². The van der Waals surface area contributed by atoms with Gasteiger partial charge in [0, 0.05) is 30.2 Å². The number of fused-ring (bicyclic) bond motifs is 1. The molecule has 10 heteroatoms. The average Bonchev–Trinajstić information content (AvgIpc) is 3.58. The normalized spacial score (nSPS) is 10.6. The van der Waals surface area contributed by atoms with E-state index in [1.165, 1.54) is 28.3 Å². The van der Waals surface area contributed by atoms with Crippen LogP contribution in [0, 0.1) is 11.8 Å². The van der Waals surface area contributed by atoms with Gasteiger partial charge in [-0.15, -0.1) is 11.3 Å². The third kappa shape index (κ3) is 5.90. The Bertz CT molecular complexity index is 1820. The molecule has 5 rings (SSSR count). The Morgan fingerprint density at radius 2 is 1.95 bits per heavy atom. The van der Waals surface area contributed by atoms with Gasteiger partial charge in [0.25, 0.3) is 11.5 Å². The first-order valence-corrected chi connectivity index (χ1v) is 13.1. The number of benzene rings is 2. The number of anilines is 1. The molecule has 4 N–H and O–H groups in total. The van der Waals surface area contributed by atoms with E-state index in [-0.39, 0.29) is 16.9 Å². The highest BCUT2D eigenvalue weighted by Gasteiger charge is 2.17. The van der Waals surface area contributed by atoms with E-state index in [9.17, 15) is 9.59 Å². The minimum absolute atomic E-state index is 0.0280. The van der Waals surface area contributed by atoms with Crippen LogP contribution >= 0.6 is 11.3 Å². The molecule has 3 aromatic heterocycles. The predicted octanol–water partition coefficient (Wildman–Crippen LogP) is 4.40. The standard InChI is InChI=1S/C22H16N2OS.C8H11N5O/c1-2-18-13-17-8-6-7-16(11-12-20-14-23-15-26-20)21(17)22(25)24(18)19-9-4-3-5-10-19;1-3-4-11-8-5(7(10)14)6(9)12-13(8)2/h3-10,13-15H,2H2,1H3;3-4H,1H2,2H3,(H2,9,12)(H2,10,14)/b;11-4-. The molecule has 0 fully saturated rings. The van der Waals surface area contributed by atoms with Crippen LogP contribution in [0.2, 0.25) is 0 Å². The summed E-state index contributed by atoms with van der Waals surface area (Å²) in [5.41, 5.74) is 15.1. The number of nitrogen functional groups attached to an aromatic ring is 1. The molecule has 200 valence electrons. The van der Waals surface area contributed by atoms with Crippen LogP contribution in [0.5, 0.6) is 0 Å². The Labute approximate surface area is 235 Å². The number of carbonyl (C=O) groups excluding carboxylic acids is 1. The molecule has 1 amide bonds. The monoisotopic (exact) mass is 549 g/mol. The number of aromatic nitrogens is 4. The maximum Gasteiger partial charge on any atom is 0.264 e. The molecule has 2 aromatic carbocycles. The number of allylic oxidation sites excluding steroid dienone is 1. The summed E-state index contributed by atoms with van der Waals surface area (Å²) in [7, 11) is 1.62. The van der Waals surface area contributed by atoms with Crippen molar-refractivity contribution in [3.63, 3.8) is 0 Å². The molecule has 3 heterocycles. The van der Waals surface area contributed by atoms with E-state index in [2.05, 4.69) is 46.5 Å². The fraction of sp³-hybridized carbons (Fsp3) is 0.100. The van der Waals surface area contributed by atoms with Crippen LogP contribution < -0.4 is 17.0 Å². The molecule has 40 heavy (non-hydrogen) atoms. The van der Waals surface area contributed by atoms with Gasteiger partial charge in [0.05, 0.1) is 22.0 Å². The van der Waals surface area contributed by atoms with Crippen molar-refractivity contribution in [2.75, 3.05) is 5.73 Å². The van der Waals surface area contributed by atoms with Crippen LogP contribution in [0.25, 0.3) is 16.5 Å².